The minimum absolute atomic E-state index is 0.0240. The minimum Gasteiger partial charge on any atom is -0.399 e. The molecule has 20 heavy (non-hydrogen) atoms. The van der Waals surface area contributed by atoms with Gasteiger partial charge in [-0.3, -0.25) is 0 Å². The molecular weight excluding hydrogens is 330 g/mol. The fourth-order valence-corrected chi connectivity index (χ4v) is 3.01. The van der Waals surface area contributed by atoms with Gasteiger partial charge in [0, 0.05) is 20.5 Å². The highest BCUT2D eigenvalue weighted by atomic mass is 35.5. The summed E-state index contributed by atoms with van der Waals surface area (Å²) in [6, 6.07) is 8.26. The first kappa shape index (κ1) is 15.4. The van der Waals surface area contributed by atoms with Crippen molar-refractivity contribution in [2.75, 3.05) is 5.73 Å². The summed E-state index contributed by atoms with van der Waals surface area (Å²) in [6.45, 7) is 0. The Bertz CT molecular complexity index is 644. The lowest BCUT2D eigenvalue weighted by Crippen LogP contribution is -2.07. The third-order valence-corrected chi connectivity index (χ3v) is 4.23. The molecule has 0 aliphatic carbocycles. The Morgan fingerprint density at radius 3 is 2.30 bits per heavy atom. The Morgan fingerprint density at radius 2 is 1.65 bits per heavy atom. The molecule has 0 aliphatic rings. The molecule has 0 aliphatic heterocycles. The molecule has 0 radical (unpaired) electrons. The van der Waals surface area contributed by atoms with Crippen LogP contribution in [0.2, 0.25) is 10.0 Å². The molecule has 106 valence electrons. The topological polar surface area (TPSA) is 26.0 Å². The molecule has 2 aromatic rings. The zero-order valence-electron chi connectivity index (χ0n) is 9.84. The Labute approximate surface area is 127 Å². The van der Waals surface area contributed by atoms with Crippen LogP contribution < -0.4 is 5.73 Å². The van der Waals surface area contributed by atoms with Crippen molar-refractivity contribution < 1.29 is 13.2 Å². The van der Waals surface area contributed by atoms with Gasteiger partial charge in [0.25, 0.3) is 0 Å². The van der Waals surface area contributed by atoms with Gasteiger partial charge in [-0.2, -0.15) is 13.2 Å². The molecule has 0 bridgehead atoms. The number of alkyl halides is 3. The lowest BCUT2D eigenvalue weighted by atomic mass is 10.2. The third-order valence-electron chi connectivity index (χ3n) is 2.42. The van der Waals surface area contributed by atoms with Gasteiger partial charge in [-0.1, -0.05) is 35.0 Å². The standard InChI is InChI=1S/C13H8Cl2F3NS/c14-7-1-3-10(15)12(5-7)20-11-4-2-8(19)6-9(11)13(16,17)18/h1-6H,19H2. The molecule has 2 aromatic carbocycles. The van der Waals surface area contributed by atoms with Gasteiger partial charge in [-0.05, 0) is 36.4 Å². The summed E-state index contributed by atoms with van der Waals surface area (Å²) in [5.41, 5.74) is 4.68. The average Bonchev–Trinajstić information content (AvgIpc) is 2.34. The highest BCUT2D eigenvalue weighted by Crippen LogP contribution is 2.42. The fourth-order valence-electron chi connectivity index (χ4n) is 1.53. The van der Waals surface area contributed by atoms with E-state index >= 15 is 0 Å². The number of hydrogen-bond donors (Lipinski definition) is 1. The average molecular weight is 338 g/mol. The second kappa shape index (κ2) is 5.76. The summed E-state index contributed by atoms with van der Waals surface area (Å²) in [5, 5.41) is 0.741. The normalized spacial score (nSPS) is 11.7. The van der Waals surface area contributed by atoms with Gasteiger partial charge in [0.1, 0.15) is 0 Å². The van der Waals surface area contributed by atoms with Crippen LogP contribution in [0, 0.1) is 0 Å². The molecule has 0 heterocycles. The van der Waals surface area contributed by atoms with E-state index < -0.39 is 11.7 Å². The molecule has 0 saturated carbocycles. The third kappa shape index (κ3) is 3.53. The van der Waals surface area contributed by atoms with E-state index in [4.69, 9.17) is 28.9 Å². The van der Waals surface area contributed by atoms with Crippen LogP contribution in [0.1, 0.15) is 5.56 Å². The van der Waals surface area contributed by atoms with Crippen molar-refractivity contribution in [1.29, 1.82) is 0 Å². The van der Waals surface area contributed by atoms with Crippen molar-refractivity contribution in [3.05, 3.63) is 52.0 Å². The molecule has 0 aromatic heterocycles. The predicted octanol–water partition coefficient (Wildman–Crippen LogP) is 5.75. The van der Waals surface area contributed by atoms with Crippen LogP contribution in [0.25, 0.3) is 0 Å². The van der Waals surface area contributed by atoms with E-state index in [9.17, 15) is 13.2 Å². The van der Waals surface area contributed by atoms with Gasteiger partial charge in [-0.15, -0.1) is 0 Å². The van der Waals surface area contributed by atoms with Gasteiger partial charge >= 0.3 is 6.18 Å². The first-order chi connectivity index (χ1) is 9.27. The quantitative estimate of drug-likeness (QED) is 0.706. The second-order valence-electron chi connectivity index (χ2n) is 3.93. The summed E-state index contributed by atoms with van der Waals surface area (Å²) in [5.74, 6) is 0. The zero-order chi connectivity index (χ0) is 14.9. The summed E-state index contributed by atoms with van der Waals surface area (Å²) in [4.78, 5) is 0.477. The summed E-state index contributed by atoms with van der Waals surface area (Å²) in [7, 11) is 0. The number of nitrogens with two attached hydrogens (primary N) is 1. The van der Waals surface area contributed by atoms with Crippen molar-refractivity contribution in [2.45, 2.75) is 16.0 Å². The minimum atomic E-state index is -4.48. The SMILES string of the molecule is Nc1ccc(Sc2cc(Cl)ccc2Cl)c(C(F)(F)F)c1. The number of nitrogen functional groups attached to an aromatic ring is 1. The number of rotatable bonds is 2. The van der Waals surface area contributed by atoms with Crippen molar-refractivity contribution in [3.8, 4) is 0 Å². The van der Waals surface area contributed by atoms with Crippen molar-refractivity contribution in [1.82, 2.24) is 0 Å². The van der Waals surface area contributed by atoms with Crippen LogP contribution in [0.3, 0.4) is 0 Å². The molecule has 2 rings (SSSR count). The van der Waals surface area contributed by atoms with E-state index in [-0.39, 0.29) is 10.6 Å². The van der Waals surface area contributed by atoms with E-state index in [0.29, 0.717) is 14.9 Å². The maximum absolute atomic E-state index is 13.0. The Kier molecular flexibility index (Phi) is 4.42. The Balaban J connectivity index is 2.46. The molecule has 0 atom stereocenters. The van der Waals surface area contributed by atoms with E-state index in [1.54, 1.807) is 6.07 Å². The van der Waals surface area contributed by atoms with Crippen molar-refractivity contribution in [3.63, 3.8) is 0 Å². The van der Waals surface area contributed by atoms with Crippen LogP contribution in [-0.2, 0) is 6.18 Å². The largest absolute Gasteiger partial charge is 0.417 e. The molecule has 2 N–H and O–H groups in total. The maximum Gasteiger partial charge on any atom is 0.417 e. The maximum atomic E-state index is 13.0. The van der Waals surface area contributed by atoms with E-state index in [1.807, 2.05) is 0 Å². The highest BCUT2D eigenvalue weighted by molar-refractivity contribution is 7.99. The molecule has 0 saturated heterocycles. The Hall–Kier alpha value is -1.04. The first-order valence-electron chi connectivity index (χ1n) is 5.37. The number of halogens is 5. The van der Waals surface area contributed by atoms with Gasteiger partial charge in [0.15, 0.2) is 0 Å². The van der Waals surface area contributed by atoms with E-state index in [2.05, 4.69) is 0 Å². The number of benzene rings is 2. The lowest BCUT2D eigenvalue weighted by molar-refractivity contribution is -0.139. The Morgan fingerprint density at radius 1 is 0.950 bits per heavy atom. The summed E-state index contributed by atoms with van der Waals surface area (Å²) < 4.78 is 38.9. The monoisotopic (exact) mass is 337 g/mol. The van der Waals surface area contributed by atoms with Gasteiger partial charge in [0.05, 0.1) is 10.6 Å². The smallest absolute Gasteiger partial charge is 0.399 e. The van der Waals surface area contributed by atoms with Crippen LogP contribution >= 0.6 is 35.0 Å². The summed E-state index contributed by atoms with van der Waals surface area (Å²) in [6.07, 6.45) is -4.48. The number of anilines is 1. The molecule has 0 unspecified atom stereocenters. The zero-order valence-corrected chi connectivity index (χ0v) is 12.2. The van der Waals surface area contributed by atoms with Crippen LogP contribution in [0.5, 0.6) is 0 Å². The first-order valence-corrected chi connectivity index (χ1v) is 6.94. The van der Waals surface area contributed by atoms with Gasteiger partial charge in [-0.25, -0.2) is 0 Å². The molecule has 0 amide bonds. The molecule has 0 fully saturated rings. The van der Waals surface area contributed by atoms with Crippen LogP contribution in [-0.4, -0.2) is 0 Å². The van der Waals surface area contributed by atoms with Crippen molar-refractivity contribution in [2.24, 2.45) is 0 Å². The van der Waals surface area contributed by atoms with Crippen LogP contribution in [0.4, 0.5) is 18.9 Å². The number of hydrogen-bond acceptors (Lipinski definition) is 2. The van der Waals surface area contributed by atoms with Gasteiger partial charge in [0.2, 0.25) is 0 Å². The summed E-state index contributed by atoms with van der Waals surface area (Å²) >= 11 is 12.7. The molecule has 7 heteroatoms. The second-order valence-corrected chi connectivity index (χ2v) is 5.86. The predicted molar refractivity (Wildman–Crippen MR) is 76.4 cm³/mol. The lowest BCUT2D eigenvalue weighted by Gasteiger charge is -2.13. The molecule has 0 spiro atoms. The fraction of sp³-hybridized carbons (Fsp3) is 0.0769. The van der Waals surface area contributed by atoms with E-state index in [0.717, 1.165) is 17.8 Å². The van der Waals surface area contributed by atoms with E-state index in [1.165, 1.54) is 24.3 Å². The van der Waals surface area contributed by atoms with Gasteiger partial charge < -0.3 is 5.73 Å². The molecule has 1 nitrogen and oxygen atoms in total. The van der Waals surface area contributed by atoms with Crippen LogP contribution in [0.15, 0.2) is 46.2 Å². The molecular formula is C13H8Cl2F3NS. The highest BCUT2D eigenvalue weighted by Gasteiger charge is 2.34. The van der Waals surface area contributed by atoms with Crippen molar-refractivity contribution >= 4 is 40.7 Å².